The SMILES string of the molecule is CC1(C)CC(=O)[C@]2(C)[C@H]([C@H]3[C@@H]4[C@H](O)C(C)(C)CC(=O)[C@]34C)[C@H]2[C@H]1O. The number of aliphatic hydroxyl groups is 2. The maximum absolute atomic E-state index is 12.8. The number of Topliss-reactive ketones (excluding diaryl/α,β-unsaturated/α-hetero) is 2. The maximum atomic E-state index is 12.8. The summed E-state index contributed by atoms with van der Waals surface area (Å²) in [6, 6.07) is 0. The van der Waals surface area contributed by atoms with E-state index < -0.39 is 33.9 Å². The van der Waals surface area contributed by atoms with E-state index in [1.54, 1.807) is 0 Å². The molecule has 4 saturated carbocycles. The first-order valence-electron chi connectivity index (χ1n) is 9.24. The zero-order valence-electron chi connectivity index (χ0n) is 15.6. The van der Waals surface area contributed by atoms with Gasteiger partial charge in [0.15, 0.2) is 0 Å². The molecule has 4 heteroatoms. The van der Waals surface area contributed by atoms with E-state index in [1.807, 2.05) is 41.5 Å². The number of hydrogen-bond acceptors (Lipinski definition) is 4. The molecule has 4 aliphatic rings. The summed E-state index contributed by atoms with van der Waals surface area (Å²) in [5, 5.41) is 21.7. The zero-order chi connectivity index (χ0) is 18.0. The second kappa shape index (κ2) is 4.15. The summed E-state index contributed by atoms with van der Waals surface area (Å²) in [5.41, 5.74) is -1.83. The van der Waals surface area contributed by atoms with Gasteiger partial charge >= 0.3 is 0 Å². The molecule has 4 rings (SSSR count). The van der Waals surface area contributed by atoms with Crippen molar-refractivity contribution in [3.63, 3.8) is 0 Å². The van der Waals surface area contributed by atoms with Crippen LogP contribution in [-0.4, -0.2) is 34.0 Å². The molecule has 2 N–H and O–H groups in total. The molecule has 0 radical (unpaired) electrons. The first-order valence-corrected chi connectivity index (χ1v) is 9.24. The molecule has 134 valence electrons. The molecule has 0 aliphatic heterocycles. The summed E-state index contributed by atoms with van der Waals surface area (Å²) in [7, 11) is 0. The van der Waals surface area contributed by atoms with Crippen molar-refractivity contribution in [2.24, 2.45) is 45.3 Å². The number of aliphatic hydroxyl groups excluding tert-OH is 2. The Kier molecular flexibility index (Phi) is 2.89. The average molecular weight is 334 g/mol. The first kappa shape index (κ1) is 16.7. The second-order valence-electron chi connectivity index (χ2n) is 10.7. The number of rotatable bonds is 1. The zero-order valence-corrected chi connectivity index (χ0v) is 15.6. The van der Waals surface area contributed by atoms with Crippen molar-refractivity contribution in [2.75, 3.05) is 0 Å². The van der Waals surface area contributed by atoms with E-state index in [9.17, 15) is 19.8 Å². The van der Waals surface area contributed by atoms with Crippen molar-refractivity contribution >= 4 is 11.6 Å². The molecule has 0 spiro atoms. The molecule has 4 aliphatic carbocycles. The summed E-state index contributed by atoms with van der Waals surface area (Å²) in [5.74, 6) is 0.379. The van der Waals surface area contributed by atoms with Gasteiger partial charge in [-0.15, -0.1) is 0 Å². The Balaban J connectivity index is 1.70. The third-order valence-electron chi connectivity index (χ3n) is 8.43. The standard InChI is InChI=1S/C20H30O4/c1-17(2)7-9(21)19(5)11(13(19)15(17)23)12-14-16(24)18(3,4)8-10(22)20(12,14)6/h11-16,23-24H,7-8H2,1-6H3/t11-,12+,13+,14-,15-,16+,19-,20-/m1/s1. The van der Waals surface area contributed by atoms with Crippen LogP contribution in [0.3, 0.4) is 0 Å². The highest BCUT2D eigenvalue weighted by Crippen LogP contribution is 2.81. The van der Waals surface area contributed by atoms with Gasteiger partial charge in [-0.2, -0.15) is 0 Å². The lowest BCUT2D eigenvalue weighted by molar-refractivity contribution is -0.135. The van der Waals surface area contributed by atoms with Crippen molar-refractivity contribution in [1.29, 1.82) is 0 Å². The lowest BCUT2D eigenvalue weighted by Crippen LogP contribution is -2.41. The fourth-order valence-corrected chi connectivity index (χ4v) is 6.54. The number of hydrogen-bond donors (Lipinski definition) is 2. The molecule has 0 aromatic carbocycles. The highest BCUT2D eigenvalue weighted by molar-refractivity contribution is 5.93. The largest absolute Gasteiger partial charge is 0.392 e. The highest BCUT2D eigenvalue weighted by atomic mass is 16.3. The molecule has 0 bridgehead atoms. The molecule has 0 aromatic rings. The minimum Gasteiger partial charge on any atom is -0.392 e. The molecule has 4 fully saturated rings. The topological polar surface area (TPSA) is 74.6 Å². The molecule has 0 heterocycles. The average Bonchev–Trinajstić information content (AvgIpc) is 3.26. The maximum Gasteiger partial charge on any atom is 0.140 e. The Morgan fingerprint density at radius 3 is 1.25 bits per heavy atom. The number of fused-ring (bicyclic) bond motifs is 2. The van der Waals surface area contributed by atoms with Crippen molar-refractivity contribution in [1.82, 2.24) is 0 Å². The van der Waals surface area contributed by atoms with Crippen LogP contribution in [0.15, 0.2) is 0 Å². The monoisotopic (exact) mass is 334 g/mol. The predicted molar refractivity (Wildman–Crippen MR) is 89.0 cm³/mol. The lowest BCUT2D eigenvalue weighted by atomic mass is 9.71. The van der Waals surface area contributed by atoms with Crippen LogP contribution in [-0.2, 0) is 9.59 Å². The molecule has 0 unspecified atom stereocenters. The summed E-state index contributed by atoms with van der Waals surface area (Å²) in [6.45, 7) is 11.8. The van der Waals surface area contributed by atoms with Crippen molar-refractivity contribution in [3.05, 3.63) is 0 Å². The molecule has 0 aromatic heterocycles. The summed E-state index contributed by atoms with van der Waals surface area (Å²) >= 11 is 0. The van der Waals surface area contributed by atoms with Crippen LogP contribution in [0.1, 0.15) is 54.4 Å². The Labute approximate surface area is 144 Å². The van der Waals surface area contributed by atoms with Gasteiger partial charge in [-0.05, 0) is 22.7 Å². The van der Waals surface area contributed by atoms with Gasteiger partial charge in [0.2, 0.25) is 0 Å². The smallest absolute Gasteiger partial charge is 0.140 e. The van der Waals surface area contributed by atoms with E-state index in [1.165, 1.54) is 0 Å². The van der Waals surface area contributed by atoms with Gasteiger partial charge < -0.3 is 10.2 Å². The minimum atomic E-state index is -0.517. The second-order valence-corrected chi connectivity index (χ2v) is 10.7. The van der Waals surface area contributed by atoms with Crippen LogP contribution in [0.5, 0.6) is 0 Å². The van der Waals surface area contributed by atoms with E-state index in [2.05, 4.69) is 0 Å². The Morgan fingerprint density at radius 2 is 0.958 bits per heavy atom. The summed E-state index contributed by atoms with van der Waals surface area (Å²) in [6.07, 6.45) is -0.241. The number of ketones is 2. The molecule has 0 saturated heterocycles. The van der Waals surface area contributed by atoms with Crippen LogP contribution in [0.4, 0.5) is 0 Å². The third-order valence-corrected chi connectivity index (χ3v) is 8.43. The molecular formula is C20H30O4. The number of carbonyl (C=O) groups is 2. The molecule has 4 nitrogen and oxygen atoms in total. The van der Waals surface area contributed by atoms with Gasteiger partial charge in [0.1, 0.15) is 11.6 Å². The van der Waals surface area contributed by atoms with Gasteiger partial charge in [-0.1, -0.05) is 41.5 Å². The molecule has 24 heavy (non-hydrogen) atoms. The highest BCUT2D eigenvalue weighted by Gasteiger charge is 2.85. The minimum absolute atomic E-state index is 0.0317. The van der Waals surface area contributed by atoms with Gasteiger partial charge in [-0.3, -0.25) is 9.59 Å². The first-order chi connectivity index (χ1) is 10.8. The normalized spacial score (nSPS) is 57.2. The Hall–Kier alpha value is -0.740. The van der Waals surface area contributed by atoms with Gasteiger partial charge in [0.05, 0.1) is 12.2 Å². The molecular weight excluding hydrogens is 304 g/mol. The van der Waals surface area contributed by atoms with Crippen LogP contribution < -0.4 is 0 Å². The van der Waals surface area contributed by atoms with Crippen LogP contribution in [0.25, 0.3) is 0 Å². The van der Waals surface area contributed by atoms with E-state index in [0.717, 1.165) is 0 Å². The van der Waals surface area contributed by atoms with E-state index in [4.69, 9.17) is 0 Å². The lowest BCUT2D eigenvalue weighted by Gasteiger charge is -2.36. The van der Waals surface area contributed by atoms with Crippen LogP contribution in [0, 0.1) is 45.3 Å². The summed E-state index contributed by atoms with van der Waals surface area (Å²) < 4.78 is 0. The van der Waals surface area contributed by atoms with Crippen LogP contribution >= 0.6 is 0 Å². The quantitative estimate of drug-likeness (QED) is 0.771. The van der Waals surface area contributed by atoms with E-state index in [0.29, 0.717) is 12.8 Å². The van der Waals surface area contributed by atoms with E-state index in [-0.39, 0.29) is 35.2 Å². The van der Waals surface area contributed by atoms with Gasteiger partial charge in [-0.25, -0.2) is 0 Å². The Bertz CT molecular complexity index is 594. The fourth-order valence-electron chi connectivity index (χ4n) is 6.54. The van der Waals surface area contributed by atoms with Gasteiger partial charge in [0.25, 0.3) is 0 Å². The third kappa shape index (κ3) is 1.63. The molecule has 8 atom stereocenters. The number of carbonyl (C=O) groups excluding carboxylic acids is 2. The van der Waals surface area contributed by atoms with Crippen molar-refractivity contribution < 1.29 is 19.8 Å². The van der Waals surface area contributed by atoms with Crippen molar-refractivity contribution in [3.8, 4) is 0 Å². The Morgan fingerprint density at radius 1 is 0.667 bits per heavy atom. The van der Waals surface area contributed by atoms with Crippen molar-refractivity contribution in [2.45, 2.75) is 66.6 Å². The predicted octanol–water partition coefficient (Wildman–Crippen LogP) is 2.21. The van der Waals surface area contributed by atoms with Gasteiger partial charge in [0, 0.05) is 35.5 Å². The van der Waals surface area contributed by atoms with E-state index >= 15 is 0 Å². The molecule has 0 amide bonds. The van der Waals surface area contributed by atoms with Crippen LogP contribution in [0.2, 0.25) is 0 Å². The summed E-state index contributed by atoms with van der Waals surface area (Å²) in [4.78, 5) is 25.6. The fraction of sp³-hybridized carbons (Fsp3) is 0.900.